The van der Waals surface area contributed by atoms with E-state index in [1.165, 1.54) is 0 Å². The van der Waals surface area contributed by atoms with Crippen LogP contribution in [-0.2, 0) is 11.8 Å². The number of anilines is 1. The fourth-order valence-corrected chi connectivity index (χ4v) is 2.84. The van der Waals surface area contributed by atoms with Crippen molar-refractivity contribution in [3.63, 3.8) is 0 Å². The van der Waals surface area contributed by atoms with Gasteiger partial charge in [-0.25, -0.2) is 9.97 Å². The maximum absolute atomic E-state index is 5.78. The first-order chi connectivity index (χ1) is 9.06. The van der Waals surface area contributed by atoms with Gasteiger partial charge in [0.2, 0.25) is 0 Å². The minimum absolute atomic E-state index is 0.211. The SMILES string of the molecule is Cc1nn(C)c2c(N3C[C@@H](C)O[C@@H](C)C3)ncnc12. The molecule has 1 aliphatic heterocycles. The molecule has 19 heavy (non-hydrogen) atoms. The molecule has 6 heteroatoms. The highest BCUT2D eigenvalue weighted by Gasteiger charge is 2.26. The predicted molar refractivity (Wildman–Crippen MR) is 73.3 cm³/mol. The average molecular weight is 261 g/mol. The van der Waals surface area contributed by atoms with Crippen molar-refractivity contribution in [3.8, 4) is 0 Å². The molecular formula is C13H19N5O. The van der Waals surface area contributed by atoms with Crippen LogP contribution in [0.3, 0.4) is 0 Å². The molecule has 1 fully saturated rings. The van der Waals surface area contributed by atoms with Gasteiger partial charge in [0.25, 0.3) is 0 Å². The van der Waals surface area contributed by atoms with Crippen LogP contribution in [0.15, 0.2) is 6.33 Å². The lowest BCUT2D eigenvalue weighted by Crippen LogP contribution is -2.46. The number of aromatic nitrogens is 4. The van der Waals surface area contributed by atoms with Crippen LogP contribution in [0.2, 0.25) is 0 Å². The number of fused-ring (bicyclic) bond motifs is 1. The Balaban J connectivity index is 2.09. The summed E-state index contributed by atoms with van der Waals surface area (Å²) < 4.78 is 7.64. The molecule has 0 aliphatic carbocycles. The number of nitrogens with zero attached hydrogens (tertiary/aromatic N) is 5. The van der Waals surface area contributed by atoms with Crippen molar-refractivity contribution < 1.29 is 4.74 Å². The zero-order valence-corrected chi connectivity index (χ0v) is 11.8. The van der Waals surface area contributed by atoms with E-state index in [9.17, 15) is 0 Å². The van der Waals surface area contributed by atoms with E-state index in [2.05, 4.69) is 33.8 Å². The quantitative estimate of drug-likeness (QED) is 0.774. The largest absolute Gasteiger partial charge is 0.372 e. The summed E-state index contributed by atoms with van der Waals surface area (Å²) in [7, 11) is 1.94. The number of morpholine rings is 1. The third-order valence-electron chi connectivity index (χ3n) is 3.49. The zero-order chi connectivity index (χ0) is 13.6. The minimum Gasteiger partial charge on any atom is -0.372 e. The van der Waals surface area contributed by atoms with Gasteiger partial charge >= 0.3 is 0 Å². The molecule has 3 heterocycles. The second kappa shape index (κ2) is 4.45. The Morgan fingerprint density at radius 2 is 1.89 bits per heavy atom. The summed E-state index contributed by atoms with van der Waals surface area (Å²) in [5.74, 6) is 0.954. The summed E-state index contributed by atoms with van der Waals surface area (Å²) in [5.41, 5.74) is 2.87. The van der Waals surface area contributed by atoms with E-state index < -0.39 is 0 Å². The smallest absolute Gasteiger partial charge is 0.158 e. The Kier molecular flexibility index (Phi) is 2.89. The molecule has 0 spiro atoms. The van der Waals surface area contributed by atoms with Gasteiger partial charge < -0.3 is 9.64 Å². The molecule has 1 aliphatic rings. The van der Waals surface area contributed by atoms with Crippen molar-refractivity contribution in [2.24, 2.45) is 7.05 Å². The molecule has 0 saturated carbocycles. The van der Waals surface area contributed by atoms with E-state index in [-0.39, 0.29) is 12.2 Å². The van der Waals surface area contributed by atoms with Crippen molar-refractivity contribution in [2.75, 3.05) is 18.0 Å². The number of ether oxygens (including phenoxy) is 1. The van der Waals surface area contributed by atoms with Crippen LogP contribution < -0.4 is 4.90 Å². The second-order valence-electron chi connectivity index (χ2n) is 5.27. The van der Waals surface area contributed by atoms with Crippen molar-refractivity contribution >= 4 is 16.9 Å². The van der Waals surface area contributed by atoms with Crippen LogP contribution in [0.1, 0.15) is 19.5 Å². The summed E-state index contributed by atoms with van der Waals surface area (Å²) in [6, 6.07) is 0. The highest BCUT2D eigenvalue weighted by Crippen LogP contribution is 2.26. The number of aryl methyl sites for hydroxylation is 2. The molecule has 1 saturated heterocycles. The Labute approximate surface area is 112 Å². The fraction of sp³-hybridized carbons (Fsp3) is 0.615. The first-order valence-electron chi connectivity index (χ1n) is 6.61. The lowest BCUT2D eigenvalue weighted by Gasteiger charge is -2.36. The first kappa shape index (κ1) is 12.3. The Hall–Kier alpha value is -1.69. The molecule has 2 atom stereocenters. The lowest BCUT2D eigenvalue weighted by atomic mass is 10.2. The van der Waals surface area contributed by atoms with Gasteiger partial charge in [0, 0.05) is 20.1 Å². The monoisotopic (exact) mass is 261 g/mol. The Bertz CT molecular complexity index is 598. The van der Waals surface area contributed by atoms with E-state index in [0.29, 0.717) is 0 Å². The Morgan fingerprint density at radius 1 is 1.21 bits per heavy atom. The van der Waals surface area contributed by atoms with Gasteiger partial charge in [0.05, 0.1) is 17.9 Å². The fourth-order valence-electron chi connectivity index (χ4n) is 2.84. The molecule has 0 unspecified atom stereocenters. The molecule has 0 N–H and O–H groups in total. The van der Waals surface area contributed by atoms with E-state index in [1.54, 1.807) is 6.33 Å². The van der Waals surface area contributed by atoms with Gasteiger partial charge in [-0.1, -0.05) is 0 Å². The van der Waals surface area contributed by atoms with E-state index in [0.717, 1.165) is 35.6 Å². The topological polar surface area (TPSA) is 56.1 Å². The van der Waals surface area contributed by atoms with Gasteiger partial charge in [-0.2, -0.15) is 5.10 Å². The Morgan fingerprint density at radius 3 is 2.58 bits per heavy atom. The van der Waals surface area contributed by atoms with Crippen LogP contribution in [0.5, 0.6) is 0 Å². The third kappa shape index (κ3) is 2.06. The molecule has 0 radical (unpaired) electrons. The summed E-state index contributed by atoms with van der Waals surface area (Å²) in [4.78, 5) is 11.1. The summed E-state index contributed by atoms with van der Waals surface area (Å²) in [6.45, 7) is 7.86. The van der Waals surface area contributed by atoms with Crippen molar-refractivity contribution in [1.82, 2.24) is 19.7 Å². The van der Waals surface area contributed by atoms with E-state index in [1.807, 2.05) is 18.7 Å². The van der Waals surface area contributed by atoms with Crippen molar-refractivity contribution in [2.45, 2.75) is 33.0 Å². The van der Waals surface area contributed by atoms with Crippen LogP contribution in [-0.4, -0.2) is 45.0 Å². The summed E-state index contributed by atoms with van der Waals surface area (Å²) in [6.07, 6.45) is 2.04. The van der Waals surface area contributed by atoms with Crippen LogP contribution >= 0.6 is 0 Å². The van der Waals surface area contributed by atoms with Gasteiger partial charge in [0.1, 0.15) is 17.4 Å². The maximum Gasteiger partial charge on any atom is 0.158 e. The average Bonchev–Trinajstić information content (AvgIpc) is 2.64. The van der Waals surface area contributed by atoms with Gasteiger partial charge in [-0.15, -0.1) is 0 Å². The maximum atomic E-state index is 5.78. The highest BCUT2D eigenvalue weighted by molar-refractivity contribution is 5.87. The molecule has 0 amide bonds. The molecular weight excluding hydrogens is 242 g/mol. The first-order valence-corrected chi connectivity index (χ1v) is 6.61. The normalized spacial score (nSPS) is 24.1. The van der Waals surface area contributed by atoms with E-state index >= 15 is 0 Å². The zero-order valence-electron chi connectivity index (χ0n) is 11.8. The van der Waals surface area contributed by atoms with Crippen LogP contribution in [0, 0.1) is 6.92 Å². The minimum atomic E-state index is 0.211. The summed E-state index contributed by atoms with van der Waals surface area (Å²) in [5, 5.41) is 4.44. The number of hydrogen-bond acceptors (Lipinski definition) is 5. The van der Waals surface area contributed by atoms with Crippen LogP contribution in [0.4, 0.5) is 5.82 Å². The lowest BCUT2D eigenvalue weighted by molar-refractivity contribution is -0.00539. The van der Waals surface area contributed by atoms with Crippen LogP contribution in [0.25, 0.3) is 11.0 Å². The van der Waals surface area contributed by atoms with Crippen molar-refractivity contribution in [3.05, 3.63) is 12.0 Å². The molecule has 2 aromatic rings. The molecule has 102 valence electrons. The highest BCUT2D eigenvalue weighted by atomic mass is 16.5. The van der Waals surface area contributed by atoms with Crippen molar-refractivity contribution in [1.29, 1.82) is 0 Å². The van der Waals surface area contributed by atoms with Gasteiger partial charge in [0.15, 0.2) is 5.82 Å². The molecule has 0 bridgehead atoms. The molecule has 3 rings (SSSR count). The molecule has 0 aromatic carbocycles. The summed E-state index contributed by atoms with van der Waals surface area (Å²) >= 11 is 0. The van der Waals surface area contributed by atoms with E-state index in [4.69, 9.17) is 4.74 Å². The molecule has 2 aromatic heterocycles. The third-order valence-corrected chi connectivity index (χ3v) is 3.49. The predicted octanol–water partition coefficient (Wildman–Crippen LogP) is 1.29. The number of hydrogen-bond donors (Lipinski definition) is 0. The van der Waals surface area contributed by atoms with Gasteiger partial charge in [-0.05, 0) is 20.8 Å². The standard InChI is InChI=1S/C13H19N5O/c1-8-5-18(6-9(2)19-8)13-12-11(14-7-15-13)10(3)16-17(12)4/h7-9H,5-6H2,1-4H3/t8-,9+. The number of rotatable bonds is 1. The van der Waals surface area contributed by atoms with Gasteiger partial charge in [-0.3, -0.25) is 4.68 Å². The second-order valence-corrected chi connectivity index (χ2v) is 5.27. The molecule has 6 nitrogen and oxygen atoms in total.